The Balaban J connectivity index is 2.15. The largest absolute Gasteiger partial charge is 0.548 e. The van der Waals surface area contributed by atoms with Crippen LogP contribution in [-0.2, 0) is 4.79 Å². The molecule has 0 aliphatic heterocycles. The number of carboxylic acid groups (broad SMARTS) is 1. The van der Waals surface area contributed by atoms with Crippen molar-refractivity contribution >= 4 is 35.2 Å². The SMILES string of the molecule is COc1ccc(C(=O)Nc2ccccc2C(=O)N[C@@H](CCSC)C(=O)[O-])cc1. The molecule has 2 aromatic rings. The molecule has 2 N–H and O–H groups in total. The fourth-order valence-corrected chi connectivity index (χ4v) is 2.92. The van der Waals surface area contributed by atoms with E-state index in [4.69, 9.17) is 4.74 Å². The van der Waals surface area contributed by atoms with Gasteiger partial charge in [0.15, 0.2) is 0 Å². The summed E-state index contributed by atoms with van der Waals surface area (Å²) in [7, 11) is 1.53. The molecule has 0 fully saturated rings. The van der Waals surface area contributed by atoms with Crippen LogP contribution in [0.2, 0.25) is 0 Å². The molecule has 2 amide bonds. The number of methoxy groups -OCH3 is 1. The Morgan fingerprint density at radius 2 is 1.75 bits per heavy atom. The average Bonchev–Trinajstić information content (AvgIpc) is 2.71. The number of nitrogens with one attached hydrogen (secondary N) is 2. The molecular formula is C20H21N2O5S-. The number of amides is 2. The number of hydrogen-bond acceptors (Lipinski definition) is 6. The van der Waals surface area contributed by atoms with Gasteiger partial charge in [0.1, 0.15) is 5.75 Å². The second-order valence-electron chi connectivity index (χ2n) is 5.85. The van der Waals surface area contributed by atoms with Crippen molar-refractivity contribution in [2.75, 3.05) is 24.4 Å². The van der Waals surface area contributed by atoms with Crippen molar-refractivity contribution in [2.45, 2.75) is 12.5 Å². The third kappa shape index (κ3) is 5.75. The van der Waals surface area contributed by atoms with Gasteiger partial charge in [-0.1, -0.05) is 12.1 Å². The summed E-state index contributed by atoms with van der Waals surface area (Å²) in [5.74, 6) is -1.16. The summed E-state index contributed by atoms with van der Waals surface area (Å²) >= 11 is 1.47. The van der Waals surface area contributed by atoms with Gasteiger partial charge in [-0.15, -0.1) is 0 Å². The molecule has 1 atom stereocenters. The maximum absolute atomic E-state index is 12.6. The van der Waals surface area contributed by atoms with Crippen molar-refractivity contribution in [2.24, 2.45) is 0 Å². The Bertz CT molecular complexity index is 839. The van der Waals surface area contributed by atoms with Crippen molar-refractivity contribution in [3.8, 4) is 5.75 Å². The maximum Gasteiger partial charge on any atom is 0.255 e. The zero-order valence-corrected chi connectivity index (χ0v) is 16.4. The molecule has 0 heterocycles. The molecule has 148 valence electrons. The zero-order chi connectivity index (χ0) is 20.5. The fraction of sp³-hybridized carbons (Fsp3) is 0.250. The van der Waals surface area contributed by atoms with Crippen LogP contribution in [0.15, 0.2) is 48.5 Å². The van der Waals surface area contributed by atoms with Crippen LogP contribution in [0.25, 0.3) is 0 Å². The van der Waals surface area contributed by atoms with Gasteiger partial charge in [-0.2, -0.15) is 11.8 Å². The highest BCUT2D eigenvalue weighted by molar-refractivity contribution is 7.98. The Morgan fingerprint density at radius 3 is 2.36 bits per heavy atom. The summed E-state index contributed by atoms with van der Waals surface area (Å²) in [5.41, 5.74) is 0.839. The lowest BCUT2D eigenvalue weighted by Gasteiger charge is -2.20. The summed E-state index contributed by atoms with van der Waals surface area (Å²) in [6, 6.07) is 11.8. The Hall–Kier alpha value is -3.00. The van der Waals surface area contributed by atoms with Crippen LogP contribution in [-0.4, -0.2) is 42.9 Å². The molecule has 2 aromatic carbocycles. The lowest BCUT2D eigenvalue weighted by Crippen LogP contribution is -2.48. The molecule has 0 aliphatic rings. The highest BCUT2D eigenvalue weighted by Crippen LogP contribution is 2.18. The van der Waals surface area contributed by atoms with E-state index in [-0.39, 0.29) is 17.7 Å². The number of hydrogen-bond donors (Lipinski definition) is 2. The van der Waals surface area contributed by atoms with Crippen LogP contribution in [0.3, 0.4) is 0 Å². The molecule has 0 saturated carbocycles. The first-order valence-corrected chi connectivity index (χ1v) is 9.90. The van der Waals surface area contributed by atoms with Gasteiger partial charge in [0.25, 0.3) is 11.8 Å². The quantitative estimate of drug-likeness (QED) is 0.660. The van der Waals surface area contributed by atoms with E-state index >= 15 is 0 Å². The third-order valence-electron chi connectivity index (χ3n) is 3.97. The van der Waals surface area contributed by atoms with Gasteiger partial charge in [0.2, 0.25) is 0 Å². The van der Waals surface area contributed by atoms with Gasteiger partial charge in [-0.3, -0.25) is 9.59 Å². The van der Waals surface area contributed by atoms with Gasteiger partial charge in [-0.05, 0) is 54.8 Å². The summed E-state index contributed by atoms with van der Waals surface area (Å²) in [4.78, 5) is 36.3. The molecule has 0 unspecified atom stereocenters. The molecule has 0 aromatic heterocycles. The number of rotatable bonds is 9. The summed E-state index contributed by atoms with van der Waals surface area (Å²) in [6.45, 7) is 0. The van der Waals surface area contributed by atoms with Gasteiger partial charge >= 0.3 is 0 Å². The maximum atomic E-state index is 12.6. The first-order chi connectivity index (χ1) is 13.5. The van der Waals surface area contributed by atoms with E-state index in [1.165, 1.54) is 24.9 Å². The van der Waals surface area contributed by atoms with E-state index in [9.17, 15) is 19.5 Å². The molecule has 28 heavy (non-hydrogen) atoms. The van der Waals surface area contributed by atoms with Gasteiger partial charge in [0, 0.05) is 5.56 Å². The van der Waals surface area contributed by atoms with E-state index in [1.54, 1.807) is 42.5 Å². The second-order valence-corrected chi connectivity index (χ2v) is 6.84. The third-order valence-corrected chi connectivity index (χ3v) is 4.62. The van der Waals surface area contributed by atoms with Gasteiger partial charge in [-0.25, -0.2) is 0 Å². The van der Waals surface area contributed by atoms with E-state index in [0.29, 0.717) is 17.1 Å². The minimum Gasteiger partial charge on any atom is -0.548 e. The van der Waals surface area contributed by atoms with Gasteiger partial charge < -0.3 is 25.3 Å². The lowest BCUT2D eigenvalue weighted by atomic mass is 10.1. The van der Waals surface area contributed by atoms with Crippen molar-refractivity contribution in [3.05, 3.63) is 59.7 Å². The number of carbonyl (C=O) groups excluding carboxylic acids is 3. The van der Waals surface area contributed by atoms with Crippen LogP contribution >= 0.6 is 11.8 Å². The molecule has 0 saturated heterocycles. The molecule has 7 nitrogen and oxygen atoms in total. The number of aliphatic carboxylic acids is 1. The number of thioether (sulfide) groups is 1. The summed E-state index contributed by atoms with van der Waals surface area (Å²) < 4.78 is 5.06. The van der Waals surface area contributed by atoms with Crippen molar-refractivity contribution in [1.29, 1.82) is 0 Å². The molecule has 0 aliphatic carbocycles. The number of anilines is 1. The fourth-order valence-electron chi connectivity index (χ4n) is 2.45. The van der Waals surface area contributed by atoms with Crippen molar-refractivity contribution in [1.82, 2.24) is 5.32 Å². The highest BCUT2D eigenvalue weighted by Gasteiger charge is 2.18. The predicted octanol–water partition coefficient (Wildman–Crippen LogP) is 1.55. The van der Waals surface area contributed by atoms with Gasteiger partial charge in [0.05, 0.1) is 30.4 Å². The molecule has 2 rings (SSSR count). The van der Waals surface area contributed by atoms with Crippen molar-refractivity contribution in [3.63, 3.8) is 0 Å². The number of carboxylic acids is 1. The molecule has 8 heteroatoms. The smallest absolute Gasteiger partial charge is 0.255 e. The van der Waals surface area contributed by atoms with Crippen LogP contribution in [0.4, 0.5) is 5.69 Å². The minimum absolute atomic E-state index is 0.166. The monoisotopic (exact) mass is 401 g/mol. The number of carbonyl (C=O) groups is 3. The molecule has 0 radical (unpaired) electrons. The molecular weight excluding hydrogens is 380 g/mol. The zero-order valence-electron chi connectivity index (χ0n) is 15.6. The predicted molar refractivity (Wildman–Crippen MR) is 107 cm³/mol. The Morgan fingerprint density at radius 1 is 1.07 bits per heavy atom. The summed E-state index contributed by atoms with van der Waals surface area (Å²) in [6.07, 6.45) is 2.09. The number of para-hydroxylation sites is 1. The number of benzene rings is 2. The van der Waals surface area contributed by atoms with E-state index < -0.39 is 23.8 Å². The van der Waals surface area contributed by atoms with E-state index in [0.717, 1.165) is 0 Å². The number of ether oxygens (including phenoxy) is 1. The minimum atomic E-state index is -1.35. The standard InChI is InChI=1S/C20H22N2O5S/c1-27-14-9-7-13(8-10-14)18(23)21-16-6-4-3-5-15(16)19(24)22-17(20(25)26)11-12-28-2/h3-10,17H,11-12H2,1-2H3,(H,21,23)(H,22,24)(H,25,26)/p-1/t17-/m0/s1. The Labute approximate surface area is 167 Å². The second kappa shape index (κ2) is 10.4. The van der Waals surface area contributed by atoms with Crippen LogP contribution < -0.4 is 20.5 Å². The summed E-state index contributed by atoms with van der Waals surface area (Å²) in [5, 5.41) is 16.4. The lowest BCUT2D eigenvalue weighted by molar-refractivity contribution is -0.308. The van der Waals surface area contributed by atoms with Crippen LogP contribution in [0, 0.1) is 0 Å². The first kappa shape index (κ1) is 21.3. The molecule has 0 spiro atoms. The first-order valence-electron chi connectivity index (χ1n) is 8.51. The average molecular weight is 401 g/mol. The van der Waals surface area contributed by atoms with Crippen molar-refractivity contribution < 1.29 is 24.2 Å². The topological polar surface area (TPSA) is 108 Å². The Kier molecular flexibility index (Phi) is 7.88. The van der Waals surface area contributed by atoms with Crippen LogP contribution in [0.1, 0.15) is 27.1 Å². The van der Waals surface area contributed by atoms with Crippen LogP contribution in [0.5, 0.6) is 5.75 Å². The normalized spacial score (nSPS) is 11.4. The molecule has 0 bridgehead atoms. The van der Waals surface area contributed by atoms with E-state index in [2.05, 4.69) is 10.6 Å². The highest BCUT2D eigenvalue weighted by atomic mass is 32.2. The van der Waals surface area contributed by atoms with E-state index in [1.807, 2.05) is 6.26 Å².